The van der Waals surface area contributed by atoms with Crippen LogP contribution in [0, 0.1) is 5.41 Å². The van der Waals surface area contributed by atoms with Crippen LogP contribution in [0.2, 0.25) is 0 Å². The molecule has 0 saturated carbocycles. The van der Waals surface area contributed by atoms with Gasteiger partial charge in [0.1, 0.15) is 17.4 Å². The van der Waals surface area contributed by atoms with Crippen LogP contribution in [-0.2, 0) is 57.3 Å². The molecule has 61 heavy (non-hydrogen) atoms. The Morgan fingerprint density at radius 1 is 0.557 bits per heavy atom. The van der Waals surface area contributed by atoms with Crippen LogP contribution in [0.5, 0.6) is 0 Å². The van der Waals surface area contributed by atoms with Crippen molar-refractivity contribution in [3.05, 3.63) is 0 Å². The first-order valence-electron chi connectivity index (χ1n) is 22.0. The number of esters is 1. The minimum atomic E-state index is -1.11. The number of hydrogen-bond acceptors (Lipinski definition) is 13. The fourth-order valence-electron chi connectivity index (χ4n) is 5.42. The summed E-state index contributed by atoms with van der Waals surface area (Å²) < 4.78 is 21.9. The summed E-state index contributed by atoms with van der Waals surface area (Å²) in [7, 11) is 0. The Labute approximate surface area is 369 Å². The molecule has 1 unspecified atom stereocenters. The van der Waals surface area contributed by atoms with Gasteiger partial charge >= 0.3 is 18.1 Å². The summed E-state index contributed by atoms with van der Waals surface area (Å²) in [6.45, 7) is 14.7. The van der Waals surface area contributed by atoms with E-state index >= 15 is 0 Å². The molecule has 0 aliphatic heterocycles. The molecule has 0 aromatic rings. The first-order valence-corrected chi connectivity index (χ1v) is 23.2. The highest BCUT2D eigenvalue weighted by molar-refractivity contribution is 7.99. The monoisotopic (exact) mass is 890 g/mol. The number of amides is 3. The summed E-state index contributed by atoms with van der Waals surface area (Å²) in [4.78, 5) is 88.0. The zero-order valence-electron chi connectivity index (χ0n) is 38.1. The first kappa shape index (κ1) is 59.7. The number of carbonyl (C=O) groups excluding carboxylic acids is 7. The predicted molar refractivity (Wildman–Crippen MR) is 234 cm³/mol. The van der Waals surface area contributed by atoms with Gasteiger partial charge in [0.25, 0.3) is 0 Å². The van der Waals surface area contributed by atoms with Crippen molar-refractivity contribution in [1.82, 2.24) is 16.0 Å². The van der Waals surface area contributed by atoms with Gasteiger partial charge in [0, 0.05) is 63.8 Å². The van der Waals surface area contributed by atoms with E-state index in [1.807, 2.05) is 32.5 Å². The second-order valence-corrected chi connectivity index (χ2v) is 18.0. The number of carboxylic acid groups (broad SMARTS) is 1. The maximum atomic E-state index is 12.4. The van der Waals surface area contributed by atoms with Gasteiger partial charge in [-0.1, -0.05) is 59.3 Å². The number of ketones is 1. The summed E-state index contributed by atoms with van der Waals surface area (Å²) >= 11 is 2.05. The van der Waals surface area contributed by atoms with E-state index in [0.717, 1.165) is 38.5 Å². The number of rotatable bonds is 38. The predicted octanol–water partition coefficient (Wildman–Crippen LogP) is 5.97. The Kier molecular flexibility index (Phi) is 38.6. The van der Waals surface area contributed by atoms with Crippen LogP contribution < -0.4 is 16.0 Å². The number of aliphatic carboxylic acids is 1. The molecule has 3 amide bonds. The molecule has 4 N–H and O–H groups in total. The van der Waals surface area contributed by atoms with E-state index in [9.17, 15) is 28.8 Å². The standard InChI is InChI=1S/C43H79N3O11S.CO2/c1-42(2,3)36(47)19-13-9-7-11-15-33-58-34-16-12-8-10-14-20-37(48)44-25-17-27-54-29-31-56-32-30-55-28-18-26-45-38(49)22-23-39(50)46-35(21-24-40(51)52)41(53)57-43(4,5)6;2-1-3/h35H,7-34H2,1-6H3,(H,44,48)(H,45,49)(H,46,50)(H,51,52);. The van der Waals surface area contributed by atoms with Crippen LogP contribution in [0.15, 0.2) is 0 Å². The van der Waals surface area contributed by atoms with Gasteiger partial charge in [0.05, 0.1) is 26.4 Å². The van der Waals surface area contributed by atoms with Crippen LogP contribution >= 0.6 is 11.8 Å². The number of nitrogens with one attached hydrogen (secondary N) is 3. The Balaban J connectivity index is 0. The maximum absolute atomic E-state index is 12.4. The molecule has 17 heteroatoms. The van der Waals surface area contributed by atoms with E-state index < -0.39 is 29.5 Å². The lowest BCUT2D eigenvalue weighted by Gasteiger charge is -2.24. The SMILES string of the molecule is CC(C)(C)OC(=O)C(CCC(=O)O)NC(=O)CCC(=O)NCCCOCCOCCOCCCNC(=O)CCCCCCCSCCCCCCCC(=O)C(C)(C)C.O=C=O. The average molecular weight is 890 g/mol. The molecule has 0 spiro atoms. The average Bonchev–Trinajstić information content (AvgIpc) is 3.17. The summed E-state index contributed by atoms with van der Waals surface area (Å²) in [6, 6.07) is -1.11. The molecule has 354 valence electrons. The van der Waals surface area contributed by atoms with Crippen molar-refractivity contribution in [3.8, 4) is 0 Å². The molecule has 0 radical (unpaired) electrons. The van der Waals surface area contributed by atoms with Crippen molar-refractivity contribution in [3.63, 3.8) is 0 Å². The van der Waals surface area contributed by atoms with Crippen LogP contribution in [0.4, 0.5) is 0 Å². The molecule has 0 bridgehead atoms. The smallest absolute Gasteiger partial charge is 0.373 e. The van der Waals surface area contributed by atoms with Gasteiger partial charge in [-0.25, -0.2) is 4.79 Å². The molecule has 16 nitrogen and oxygen atoms in total. The lowest BCUT2D eigenvalue weighted by Crippen LogP contribution is -2.44. The van der Waals surface area contributed by atoms with E-state index in [1.54, 1.807) is 20.8 Å². The number of carboxylic acids is 1. The molecule has 0 heterocycles. The maximum Gasteiger partial charge on any atom is 0.373 e. The normalized spacial score (nSPS) is 11.7. The zero-order chi connectivity index (χ0) is 46.2. The van der Waals surface area contributed by atoms with E-state index in [4.69, 9.17) is 33.6 Å². The van der Waals surface area contributed by atoms with E-state index in [0.29, 0.717) is 71.4 Å². The van der Waals surface area contributed by atoms with E-state index in [1.165, 1.54) is 50.0 Å². The van der Waals surface area contributed by atoms with Gasteiger partial charge in [0.15, 0.2) is 0 Å². The Hall–Kier alpha value is -3.37. The van der Waals surface area contributed by atoms with Gasteiger partial charge in [-0.3, -0.25) is 24.0 Å². The number of hydrogen-bond donors (Lipinski definition) is 4. The molecule has 0 aromatic carbocycles. The molecule has 0 aromatic heterocycles. The summed E-state index contributed by atoms with van der Waals surface area (Å²) in [5.74, 6) is 0.242. The Morgan fingerprint density at radius 2 is 0.984 bits per heavy atom. The molecule has 0 aliphatic carbocycles. The van der Waals surface area contributed by atoms with Gasteiger partial charge in [-0.15, -0.1) is 0 Å². The van der Waals surface area contributed by atoms with Crippen molar-refractivity contribution < 1.29 is 62.4 Å². The largest absolute Gasteiger partial charge is 0.481 e. The van der Waals surface area contributed by atoms with Crippen molar-refractivity contribution in [2.24, 2.45) is 5.41 Å². The third-order valence-electron chi connectivity index (χ3n) is 8.79. The summed E-state index contributed by atoms with van der Waals surface area (Å²) in [5.41, 5.74) is -0.996. The zero-order valence-corrected chi connectivity index (χ0v) is 38.9. The highest BCUT2D eigenvalue weighted by Gasteiger charge is 2.27. The van der Waals surface area contributed by atoms with E-state index in [-0.39, 0.29) is 49.1 Å². The second-order valence-electron chi connectivity index (χ2n) is 16.7. The molecule has 0 aliphatic rings. The van der Waals surface area contributed by atoms with Crippen molar-refractivity contribution in [1.29, 1.82) is 0 Å². The van der Waals surface area contributed by atoms with Crippen LogP contribution in [0.25, 0.3) is 0 Å². The molecule has 1 atom stereocenters. The minimum absolute atomic E-state index is 0.0783. The number of unbranched alkanes of at least 4 members (excludes halogenated alkanes) is 8. The fraction of sp³-hybridized carbons (Fsp3) is 0.841. The Morgan fingerprint density at radius 3 is 1.46 bits per heavy atom. The third-order valence-corrected chi connectivity index (χ3v) is 9.95. The van der Waals surface area contributed by atoms with Crippen LogP contribution in [0.1, 0.15) is 157 Å². The Bertz CT molecular complexity index is 1230. The lowest BCUT2D eigenvalue weighted by atomic mass is 9.88. The minimum Gasteiger partial charge on any atom is -0.481 e. The van der Waals surface area contributed by atoms with Crippen LogP contribution in [0.3, 0.4) is 0 Å². The highest BCUT2D eigenvalue weighted by Crippen LogP contribution is 2.19. The molecule has 0 saturated heterocycles. The topological polar surface area (TPSA) is 230 Å². The van der Waals surface area contributed by atoms with Crippen molar-refractivity contribution >= 4 is 53.4 Å². The van der Waals surface area contributed by atoms with Crippen LogP contribution in [-0.4, -0.2) is 123 Å². The third kappa shape index (κ3) is 44.5. The summed E-state index contributed by atoms with van der Waals surface area (Å²) in [6.07, 6.45) is 13.8. The fourth-order valence-corrected chi connectivity index (χ4v) is 6.44. The molecular weight excluding hydrogens is 811 g/mol. The number of carbonyl (C=O) groups is 6. The highest BCUT2D eigenvalue weighted by atomic mass is 32.2. The van der Waals surface area contributed by atoms with E-state index in [2.05, 4.69) is 16.0 Å². The van der Waals surface area contributed by atoms with Gasteiger partial charge in [-0.05, 0) is 77.2 Å². The summed E-state index contributed by atoms with van der Waals surface area (Å²) in [5, 5.41) is 17.1. The quantitative estimate of drug-likeness (QED) is 0.0414. The van der Waals surface area contributed by atoms with Gasteiger partial charge in [-0.2, -0.15) is 21.4 Å². The molecule has 0 rings (SSSR count). The second kappa shape index (κ2) is 39.5. The number of Topliss-reactive ketones (excluding diaryl/α,β-unsaturated/α-hetero) is 1. The van der Waals surface area contributed by atoms with Gasteiger partial charge < -0.3 is 40.0 Å². The van der Waals surface area contributed by atoms with Gasteiger partial charge in [0.2, 0.25) is 17.7 Å². The number of ether oxygens (including phenoxy) is 4. The molecular formula is C44H79N3O13S. The van der Waals surface area contributed by atoms with Crippen molar-refractivity contribution in [2.75, 3.05) is 64.2 Å². The van der Waals surface area contributed by atoms with Crippen molar-refractivity contribution in [2.45, 2.75) is 169 Å². The number of thioether (sulfide) groups is 1. The molecule has 0 fully saturated rings. The lowest BCUT2D eigenvalue weighted by molar-refractivity contribution is -0.192. The first-order chi connectivity index (χ1) is 28.9.